The van der Waals surface area contributed by atoms with E-state index in [1.165, 1.54) is 11.0 Å². The van der Waals surface area contributed by atoms with E-state index in [-0.39, 0.29) is 18.4 Å². The third kappa shape index (κ3) is 3.45. The zero-order chi connectivity index (χ0) is 17.1. The van der Waals surface area contributed by atoms with Gasteiger partial charge in [-0.25, -0.2) is 0 Å². The maximum Gasteiger partial charge on any atom is 0.490 e. The fourth-order valence-corrected chi connectivity index (χ4v) is 2.73. The van der Waals surface area contributed by atoms with E-state index < -0.39 is 10.9 Å². The van der Waals surface area contributed by atoms with Gasteiger partial charge < -0.3 is 19.4 Å². The number of carbonyl (C=O) groups is 1. The van der Waals surface area contributed by atoms with Crippen LogP contribution in [0.25, 0.3) is 0 Å². The van der Waals surface area contributed by atoms with E-state index in [1.807, 2.05) is 31.4 Å². The molecule has 23 heavy (non-hydrogen) atoms. The molecule has 0 saturated heterocycles. The van der Waals surface area contributed by atoms with Gasteiger partial charge in [-0.3, -0.25) is 4.79 Å². The van der Waals surface area contributed by atoms with E-state index in [9.17, 15) is 14.9 Å². The van der Waals surface area contributed by atoms with Crippen LogP contribution in [0, 0.1) is 24.0 Å². The smallest absolute Gasteiger partial charge is 0.390 e. The highest BCUT2D eigenvalue weighted by molar-refractivity contribution is 5.97. The molecule has 0 N–H and O–H groups in total. The van der Waals surface area contributed by atoms with Crippen molar-refractivity contribution < 1.29 is 14.5 Å². The molecule has 0 bridgehead atoms. The molecule has 1 unspecified atom stereocenters. The van der Waals surface area contributed by atoms with Gasteiger partial charge in [-0.05, 0) is 31.8 Å². The molecule has 2 rings (SSSR count). The normalized spacial score (nSPS) is 12.3. The van der Waals surface area contributed by atoms with Gasteiger partial charge in [0.05, 0.1) is 12.6 Å². The van der Waals surface area contributed by atoms with Crippen molar-refractivity contribution in [3.8, 4) is 0 Å². The first-order chi connectivity index (χ1) is 10.8. The largest absolute Gasteiger partial charge is 0.490 e. The Balaban J connectivity index is 2.22. The second-order valence-corrected chi connectivity index (χ2v) is 5.38. The first-order valence-corrected chi connectivity index (χ1v) is 7.09. The summed E-state index contributed by atoms with van der Waals surface area (Å²) in [6.45, 7) is 6.26. The van der Waals surface area contributed by atoms with E-state index in [4.69, 9.17) is 4.74 Å². The Morgan fingerprint density at radius 3 is 2.74 bits per heavy atom. The third-order valence-electron chi connectivity index (χ3n) is 3.63. The van der Waals surface area contributed by atoms with Gasteiger partial charge in [0.2, 0.25) is 6.33 Å². The number of aryl methyl sites for hydroxylation is 1. The van der Waals surface area contributed by atoms with Crippen LogP contribution in [0.3, 0.4) is 0 Å². The lowest BCUT2D eigenvalue weighted by Gasteiger charge is -2.17. The van der Waals surface area contributed by atoms with Crippen molar-refractivity contribution in [1.82, 2.24) is 19.3 Å². The number of Topliss-reactive ketones (excluding diaryl/α,β-unsaturated/α-hetero) is 1. The van der Waals surface area contributed by atoms with Crippen LogP contribution in [0.4, 0.5) is 5.95 Å². The first-order valence-electron chi connectivity index (χ1n) is 7.09. The number of ether oxygens (including phenoxy) is 1. The minimum absolute atomic E-state index is 0.0935. The van der Waals surface area contributed by atoms with Crippen molar-refractivity contribution in [2.24, 2.45) is 0 Å². The molecule has 0 aliphatic carbocycles. The van der Waals surface area contributed by atoms with Gasteiger partial charge in [0.1, 0.15) is 6.54 Å². The van der Waals surface area contributed by atoms with E-state index in [0.29, 0.717) is 12.2 Å². The monoisotopic (exact) mass is 321 g/mol. The minimum atomic E-state index is -0.695. The second-order valence-electron chi connectivity index (χ2n) is 5.38. The SMILES string of the molecule is COCC(C)n1c(C)cc(C(=O)Cn2cnc([N+](=O)[O-])n2)c1C. The van der Waals surface area contributed by atoms with Crippen molar-refractivity contribution in [1.29, 1.82) is 0 Å². The summed E-state index contributed by atoms with van der Waals surface area (Å²) in [7, 11) is 1.63. The van der Waals surface area contributed by atoms with E-state index >= 15 is 0 Å². The molecule has 0 aromatic carbocycles. The van der Waals surface area contributed by atoms with Crippen molar-refractivity contribution in [2.75, 3.05) is 13.7 Å². The van der Waals surface area contributed by atoms with Crippen LogP contribution in [0.2, 0.25) is 0 Å². The molecule has 9 heteroatoms. The molecule has 0 amide bonds. The van der Waals surface area contributed by atoms with Gasteiger partial charge in [-0.1, -0.05) is 4.98 Å². The lowest BCUT2D eigenvalue weighted by Crippen LogP contribution is -2.16. The molecule has 1 atom stereocenters. The molecule has 0 aliphatic rings. The number of methoxy groups -OCH3 is 1. The van der Waals surface area contributed by atoms with Gasteiger partial charge >= 0.3 is 5.95 Å². The van der Waals surface area contributed by atoms with Gasteiger partial charge in [0.15, 0.2) is 5.78 Å². The van der Waals surface area contributed by atoms with E-state index in [1.54, 1.807) is 7.11 Å². The lowest BCUT2D eigenvalue weighted by molar-refractivity contribution is -0.394. The van der Waals surface area contributed by atoms with E-state index in [2.05, 4.69) is 10.1 Å². The Labute approximate surface area is 133 Å². The summed E-state index contributed by atoms with van der Waals surface area (Å²) in [6, 6.07) is 1.92. The highest BCUT2D eigenvalue weighted by Crippen LogP contribution is 2.21. The number of nitro groups is 1. The number of ketones is 1. The lowest BCUT2D eigenvalue weighted by atomic mass is 10.1. The van der Waals surface area contributed by atoms with Crippen LogP contribution < -0.4 is 0 Å². The van der Waals surface area contributed by atoms with Crippen molar-refractivity contribution in [3.05, 3.63) is 39.5 Å². The second kappa shape index (κ2) is 6.69. The zero-order valence-electron chi connectivity index (χ0n) is 13.5. The quantitative estimate of drug-likeness (QED) is 0.436. The third-order valence-corrected chi connectivity index (χ3v) is 3.63. The number of carbonyl (C=O) groups excluding carboxylic acids is 1. The maximum atomic E-state index is 12.5. The molecule has 0 spiro atoms. The van der Waals surface area contributed by atoms with Gasteiger partial charge in [0.25, 0.3) is 0 Å². The Morgan fingerprint density at radius 1 is 1.48 bits per heavy atom. The molecule has 0 saturated carbocycles. The van der Waals surface area contributed by atoms with Gasteiger partial charge in [0, 0.05) is 29.2 Å². The number of rotatable bonds is 7. The Bertz CT molecular complexity index is 734. The number of aromatic nitrogens is 4. The molecule has 9 nitrogen and oxygen atoms in total. The molecule has 2 aromatic heterocycles. The highest BCUT2D eigenvalue weighted by atomic mass is 16.6. The number of nitrogens with zero attached hydrogens (tertiary/aromatic N) is 5. The fraction of sp³-hybridized carbons (Fsp3) is 0.500. The van der Waals surface area contributed by atoms with Crippen LogP contribution in [0.1, 0.15) is 34.7 Å². The van der Waals surface area contributed by atoms with Crippen molar-refractivity contribution in [3.63, 3.8) is 0 Å². The highest BCUT2D eigenvalue weighted by Gasteiger charge is 2.21. The Kier molecular flexibility index (Phi) is 4.89. The zero-order valence-corrected chi connectivity index (χ0v) is 13.5. The standard InChI is InChI=1S/C14H19N5O4/c1-9-5-12(11(3)18(9)10(2)7-23-4)13(20)6-17-8-15-14(16-17)19(21)22/h5,8,10H,6-7H2,1-4H3. The van der Waals surface area contributed by atoms with Gasteiger partial charge in [-0.2, -0.15) is 4.68 Å². The molecular formula is C14H19N5O4. The maximum absolute atomic E-state index is 12.5. The number of hydrogen-bond donors (Lipinski definition) is 0. The molecule has 124 valence electrons. The van der Waals surface area contributed by atoms with Crippen LogP contribution in [0.5, 0.6) is 0 Å². The molecule has 0 aliphatic heterocycles. The number of hydrogen-bond acceptors (Lipinski definition) is 6. The molecule has 0 fully saturated rings. The molecular weight excluding hydrogens is 302 g/mol. The summed E-state index contributed by atoms with van der Waals surface area (Å²) >= 11 is 0. The molecule has 2 heterocycles. The van der Waals surface area contributed by atoms with Gasteiger partial charge in [-0.15, -0.1) is 0 Å². The van der Waals surface area contributed by atoms with Crippen LogP contribution in [-0.2, 0) is 11.3 Å². The summed E-state index contributed by atoms with van der Waals surface area (Å²) in [5.74, 6) is -0.689. The average Bonchev–Trinajstić information content (AvgIpc) is 3.04. The van der Waals surface area contributed by atoms with Crippen molar-refractivity contribution >= 4 is 11.7 Å². The summed E-state index contributed by atoms with van der Waals surface area (Å²) in [5, 5.41) is 14.2. The Hall–Kier alpha value is -2.55. The van der Waals surface area contributed by atoms with Crippen LogP contribution in [-0.4, -0.2) is 43.8 Å². The Morgan fingerprint density at radius 2 is 2.17 bits per heavy atom. The minimum Gasteiger partial charge on any atom is -0.390 e. The summed E-state index contributed by atoms with van der Waals surface area (Å²) < 4.78 is 8.38. The first kappa shape index (κ1) is 16.8. The van der Waals surface area contributed by atoms with Crippen LogP contribution in [0.15, 0.2) is 12.4 Å². The van der Waals surface area contributed by atoms with E-state index in [0.717, 1.165) is 11.4 Å². The predicted molar refractivity (Wildman–Crippen MR) is 81.5 cm³/mol. The predicted octanol–water partition coefficient (Wildman–Crippen LogP) is 1.69. The van der Waals surface area contributed by atoms with Crippen LogP contribution >= 0.6 is 0 Å². The fourth-order valence-electron chi connectivity index (χ4n) is 2.73. The summed E-state index contributed by atoms with van der Waals surface area (Å²) in [5.41, 5.74) is 2.37. The summed E-state index contributed by atoms with van der Waals surface area (Å²) in [6.07, 6.45) is 1.18. The molecule has 2 aromatic rings. The average molecular weight is 321 g/mol. The topological polar surface area (TPSA) is 105 Å². The summed E-state index contributed by atoms with van der Waals surface area (Å²) in [4.78, 5) is 25.9. The van der Waals surface area contributed by atoms with Crippen molar-refractivity contribution in [2.45, 2.75) is 33.4 Å². The molecule has 0 radical (unpaired) electrons.